The van der Waals surface area contributed by atoms with E-state index in [1.54, 1.807) is 0 Å². The van der Waals surface area contributed by atoms with Crippen LogP contribution >= 0.6 is 11.8 Å². The van der Waals surface area contributed by atoms with Gasteiger partial charge in [-0.05, 0) is 0 Å². The average molecular weight is 232 g/mol. The summed E-state index contributed by atoms with van der Waals surface area (Å²) in [6.07, 6.45) is 1.34. The van der Waals surface area contributed by atoms with Crippen LogP contribution in [0.25, 0.3) is 0 Å². The Morgan fingerprint density at radius 2 is 2.29 bits per heavy atom. The van der Waals surface area contributed by atoms with E-state index in [1.807, 2.05) is 0 Å². The van der Waals surface area contributed by atoms with Crippen molar-refractivity contribution in [2.75, 3.05) is 9.55 Å². The molecule has 0 amide bonds. The van der Waals surface area contributed by atoms with Gasteiger partial charge in [0.1, 0.15) is 0 Å². The first-order chi connectivity index (χ1) is 3.41. The SMILES string of the molecule is CCCSC[Te]C. The van der Waals surface area contributed by atoms with Gasteiger partial charge < -0.3 is 0 Å². The van der Waals surface area contributed by atoms with Gasteiger partial charge in [-0.2, -0.15) is 0 Å². The van der Waals surface area contributed by atoms with Crippen LogP contribution in [-0.2, 0) is 0 Å². The monoisotopic (exact) mass is 234 g/mol. The van der Waals surface area contributed by atoms with Crippen molar-refractivity contribution in [1.82, 2.24) is 0 Å². The molecule has 0 atom stereocenters. The predicted molar refractivity (Wildman–Crippen MR) is 39.2 cm³/mol. The molecule has 0 nitrogen and oxygen atoms in total. The van der Waals surface area contributed by atoms with Gasteiger partial charge in [0.2, 0.25) is 0 Å². The number of thioether (sulfide) groups is 1. The van der Waals surface area contributed by atoms with Crippen LogP contribution in [0.15, 0.2) is 0 Å². The maximum atomic E-state index is 2.35. The van der Waals surface area contributed by atoms with Crippen molar-refractivity contribution >= 4 is 32.7 Å². The van der Waals surface area contributed by atoms with Crippen LogP contribution in [-0.4, -0.2) is 30.5 Å². The molecule has 0 rings (SSSR count). The zero-order chi connectivity index (χ0) is 5.54. The molecule has 0 heterocycles. The normalized spacial score (nSPS) is 9.43. The van der Waals surface area contributed by atoms with Crippen molar-refractivity contribution in [3.05, 3.63) is 0 Å². The summed E-state index contributed by atoms with van der Waals surface area (Å²) < 4.78 is 1.47. The van der Waals surface area contributed by atoms with Gasteiger partial charge in [0.25, 0.3) is 0 Å². The van der Waals surface area contributed by atoms with Gasteiger partial charge in [-0.25, -0.2) is 0 Å². The van der Waals surface area contributed by atoms with Crippen molar-refractivity contribution in [2.24, 2.45) is 0 Å². The Hall–Kier alpha value is 1.14. The van der Waals surface area contributed by atoms with E-state index in [0.29, 0.717) is 20.9 Å². The molecule has 0 spiro atoms. The summed E-state index contributed by atoms with van der Waals surface area (Å²) in [6, 6.07) is 0. The summed E-state index contributed by atoms with van der Waals surface area (Å²) in [6.45, 7) is 2.24. The fourth-order valence-electron chi connectivity index (χ4n) is 0.287. The molecule has 0 unspecified atom stereocenters. The molecule has 0 aliphatic carbocycles. The molecule has 0 radical (unpaired) electrons. The van der Waals surface area contributed by atoms with Crippen LogP contribution in [0, 0.1) is 0 Å². The Labute approximate surface area is 60.5 Å². The molecule has 7 heavy (non-hydrogen) atoms. The molecule has 44 valence electrons. The standard InChI is InChI=1S/C5H12STe/c1-3-4-6-5-7-2/h3-5H2,1-2H3. The molecule has 0 aromatic heterocycles. The van der Waals surface area contributed by atoms with E-state index >= 15 is 0 Å². The third-order valence-corrected chi connectivity index (χ3v) is 5.09. The Kier molecular flexibility index (Phi) is 8.30. The van der Waals surface area contributed by atoms with Crippen LogP contribution in [0.5, 0.6) is 0 Å². The molecular formula is C5H12STe. The Morgan fingerprint density at radius 1 is 1.57 bits per heavy atom. The van der Waals surface area contributed by atoms with Crippen molar-refractivity contribution in [3.8, 4) is 0 Å². The third kappa shape index (κ3) is 7.14. The maximum absolute atomic E-state index is 2.35. The molecule has 0 aromatic rings. The number of hydrogen-bond acceptors (Lipinski definition) is 1. The Balaban J connectivity index is 2.45. The van der Waals surface area contributed by atoms with Gasteiger partial charge >= 0.3 is 60.6 Å². The summed E-state index contributed by atoms with van der Waals surface area (Å²) in [7, 11) is 0. The van der Waals surface area contributed by atoms with Gasteiger partial charge in [0.15, 0.2) is 0 Å². The van der Waals surface area contributed by atoms with Crippen molar-refractivity contribution in [3.63, 3.8) is 0 Å². The zero-order valence-electron chi connectivity index (χ0n) is 4.94. The molecule has 0 saturated carbocycles. The second kappa shape index (κ2) is 7.14. The molecule has 0 aliphatic heterocycles. The second-order valence-corrected chi connectivity index (χ2v) is 6.03. The van der Waals surface area contributed by atoms with Gasteiger partial charge in [-0.3, -0.25) is 0 Å². The van der Waals surface area contributed by atoms with E-state index in [1.165, 1.54) is 16.0 Å². The van der Waals surface area contributed by atoms with Crippen LogP contribution in [0.2, 0.25) is 4.97 Å². The van der Waals surface area contributed by atoms with Crippen molar-refractivity contribution in [2.45, 2.75) is 18.3 Å². The topological polar surface area (TPSA) is 0 Å². The van der Waals surface area contributed by atoms with Crippen molar-refractivity contribution in [1.29, 1.82) is 0 Å². The van der Waals surface area contributed by atoms with E-state index in [4.69, 9.17) is 0 Å². The molecule has 0 saturated heterocycles. The summed E-state index contributed by atoms with van der Waals surface area (Å²) in [5.41, 5.74) is 0. The summed E-state index contributed by atoms with van der Waals surface area (Å²) in [4.78, 5) is 2.35. The molecule has 0 bridgehead atoms. The van der Waals surface area contributed by atoms with Crippen LogP contribution in [0.3, 0.4) is 0 Å². The first-order valence-electron chi connectivity index (χ1n) is 2.48. The van der Waals surface area contributed by atoms with E-state index in [0.717, 1.165) is 0 Å². The summed E-state index contributed by atoms with van der Waals surface area (Å²) in [5.74, 6) is 1.37. The summed E-state index contributed by atoms with van der Waals surface area (Å²) >= 11 is 2.53. The molecular weight excluding hydrogens is 220 g/mol. The first-order valence-corrected chi connectivity index (χ1v) is 7.61. The fraction of sp³-hybridized carbons (Fsp3) is 1.00. The fourth-order valence-corrected chi connectivity index (χ4v) is 3.30. The molecule has 2 heteroatoms. The van der Waals surface area contributed by atoms with Crippen LogP contribution in [0.1, 0.15) is 13.3 Å². The quantitative estimate of drug-likeness (QED) is 0.526. The van der Waals surface area contributed by atoms with Gasteiger partial charge in [-0.1, -0.05) is 0 Å². The van der Waals surface area contributed by atoms with Gasteiger partial charge in [0.05, 0.1) is 0 Å². The Morgan fingerprint density at radius 3 is 2.71 bits per heavy atom. The average Bonchev–Trinajstić information content (AvgIpc) is 1.69. The number of rotatable bonds is 4. The zero-order valence-corrected chi connectivity index (χ0v) is 8.08. The molecule has 0 fully saturated rings. The van der Waals surface area contributed by atoms with E-state index < -0.39 is 0 Å². The molecule has 0 N–H and O–H groups in total. The second-order valence-electron chi connectivity index (χ2n) is 1.31. The molecule has 0 aliphatic rings. The Bertz CT molecular complexity index is 27.3. The van der Waals surface area contributed by atoms with Crippen LogP contribution < -0.4 is 0 Å². The van der Waals surface area contributed by atoms with Crippen molar-refractivity contribution < 1.29 is 0 Å². The van der Waals surface area contributed by atoms with Gasteiger partial charge in [0, 0.05) is 0 Å². The minimum absolute atomic E-state index is 0.419. The minimum atomic E-state index is 0.419. The first kappa shape index (κ1) is 8.14. The van der Waals surface area contributed by atoms with E-state index in [9.17, 15) is 0 Å². The third-order valence-electron chi connectivity index (χ3n) is 0.550. The van der Waals surface area contributed by atoms with E-state index in [2.05, 4.69) is 23.7 Å². The summed E-state index contributed by atoms with van der Waals surface area (Å²) in [5, 5.41) is 0. The van der Waals surface area contributed by atoms with Crippen LogP contribution in [0.4, 0.5) is 0 Å². The predicted octanol–water partition coefficient (Wildman–Crippen LogP) is 1.84. The van der Waals surface area contributed by atoms with Gasteiger partial charge in [-0.15, -0.1) is 0 Å². The van der Waals surface area contributed by atoms with E-state index in [-0.39, 0.29) is 0 Å². The molecule has 0 aromatic carbocycles. The number of hydrogen-bond donors (Lipinski definition) is 0.